The lowest BCUT2D eigenvalue weighted by Gasteiger charge is -2.25. The smallest absolute Gasteiger partial charge is 0.271 e. The summed E-state index contributed by atoms with van der Waals surface area (Å²) in [5.74, 6) is -1.20. The van der Waals surface area contributed by atoms with Crippen molar-refractivity contribution in [2.45, 2.75) is 13.0 Å². The summed E-state index contributed by atoms with van der Waals surface area (Å²) < 4.78 is 28.9. The van der Waals surface area contributed by atoms with Crippen molar-refractivity contribution in [3.63, 3.8) is 0 Å². The Balaban J connectivity index is 1.67. The molecular formula is C27H19F2N3O2S. The second kappa shape index (κ2) is 9.23. The van der Waals surface area contributed by atoms with Crippen molar-refractivity contribution >= 4 is 29.0 Å². The molecule has 0 fully saturated rings. The van der Waals surface area contributed by atoms with Gasteiger partial charge in [-0.1, -0.05) is 53.8 Å². The van der Waals surface area contributed by atoms with Crippen LogP contribution in [-0.4, -0.2) is 10.5 Å². The van der Waals surface area contributed by atoms with Gasteiger partial charge in [0.15, 0.2) is 4.80 Å². The van der Waals surface area contributed by atoms with Crippen LogP contribution in [0.5, 0.6) is 0 Å². The average molecular weight is 488 g/mol. The minimum absolute atomic E-state index is 0.293. The molecule has 3 aromatic carbocycles. The number of rotatable bonds is 4. The van der Waals surface area contributed by atoms with Crippen LogP contribution in [-0.2, 0) is 4.79 Å². The van der Waals surface area contributed by atoms with Gasteiger partial charge in [-0.2, -0.15) is 0 Å². The first-order valence-corrected chi connectivity index (χ1v) is 11.6. The van der Waals surface area contributed by atoms with Gasteiger partial charge in [-0.3, -0.25) is 14.2 Å². The molecule has 174 valence electrons. The molecule has 5 nitrogen and oxygen atoms in total. The van der Waals surface area contributed by atoms with Gasteiger partial charge in [0.1, 0.15) is 11.6 Å². The molecule has 8 heteroatoms. The minimum Gasteiger partial charge on any atom is -0.322 e. The number of allylic oxidation sites excluding steroid dienone is 1. The Labute approximate surface area is 203 Å². The Hall–Kier alpha value is -4.17. The molecule has 0 spiro atoms. The van der Waals surface area contributed by atoms with Crippen molar-refractivity contribution in [2.75, 3.05) is 5.32 Å². The van der Waals surface area contributed by atoms with Gasteiger partial charge < -0.3 is 5.32 Å². The molecule has 0 aliphatic carbocycles. The van der Waals surface area contributed by atoms with E-state index in [0.29, 0.717) is 37.4 Å². The molecule has 4 aromatic rings. The highest BCUT2D eigenvalue weighted by Crippen LogP contribution is 2.30. The van der Waals surface area contributed by atoms with Crippen LogP contribution in [0, 0.1) is 11.6 Å². The van der Waals surface area contributed by atoms with Gasteiger partial charge >= 0.3 is 0 Å². The summed E-state index contributed by atoms with van der Waals surface area (Å²) in [6.07, 6.45) is 1.66. The van der Waals surface area contributed by atoms with Gasteiger partial charge in [-0.05, 0) is 60.5 Å². The van der Waals surface area contributed by atoms with E-state index in [9.17, 15) is 18.4 Å². The van der Waals surface area contributed by atoms with Gasteiger partial charge in [0.05, 0.1) is 21.8 Å². The number of para-hydroxylation sites is 1. The number of amides is 1. The summed E-state index contributed by atoms with van der Waals surface area (Å²) >= 11 is 1.18. The summed E-state index contributed by atoms with van der Waals surface area (Å²) in [4.78, 5) is 32.0. The molecule has 1 aromatic heterocycles. The standard InChI is InChI=1S/C27H19F2N3O2S/c1-16-23(25(33)31-21-5-3-2-4-6-21)24(18-9-13-20(29)14-10-18)32-26(34)22(35-27(32)30-16)15-17-7-11-19(28)12-8-17/h2-15,24H,1H3,(H,31,33)/b22-15-. The Morgan fingerprint density at radius 1 is 0.971 bits per heavy atom. The lowest BCUT2D eigenvalue weighted by atomic mass is 9.95. The number of aromatic nitrogens is 1. The molecule has 1 unspecified atom stereocenters. The number of carbonyl (C=O) groups is 1. The third-order valence-corrected chi connectivity index (χ3v) is 6.63. The predicted octanol–water partition coefficient (Wildman–Crippen LogP) is 4.15. The molecule has 0 saturated carbocycles. The number of hydrogen-bond donors (Lipinski definition) is 1. The minimum atomic E-state index is -0.800. The molecule has 1 atom stereocenters. The molecule has 1 aliphatic rings. The fourth-order valence-corrected chi connectivity index (χ4v) is 5.05. The van der Waals surface area contributed by atoms with Crippen molar-refractivity contribution < 1.29 is 13.6 Å². The molecule has 2 heterocycles. The van der Waals surface area contributed by atoms with E-state index in [-0.39, 0.29) is 11.4 Å². The summed E-state index contributed by atoms with van der Waals surface area (Å²) in [5.41, 5.74) is 2.25. The van der Waals surface area contributed by atoms with Crippen LogP contribution >= 0.6 is 11.3 Å². The fourth-order valence-electron chi connectivity index (χ4n) is 4.00. The van der Waals surface area contributed by atoms with Gasteiger partial charge in [0, 0.05) is 5.69 Å². The van der Waals surface area contributed by atoms with E-state index in [1.165, 1.54) is 40.2 Å². The largest absolute Gasteiger partial charge is 0.322 e. The zero-order chi connectivity index (χ0) is 24.5. The second-order valence-electron chi connectivity index (χ2n) is 8.01. The molecule has 0 saturated heterocycles. The van der Waals surface area contributed by atoms with E-state index >= 15 is 0 Å². The Morgan fingerprint density at radius 2 is 1.60 bits per heavy atom. The molecule has 35 heavy (non-hydrogen) atoms. The Kier molecular flexibility index (Phi) is 5.96. The summed E-state index contributed by atoms with van der Waals surface area (Å²) in [7, 11) is 0. The number of anilines is 1. The van der Waals surface area contributed by atoms with Crippen LogP contribution in [0.15, 0.2) is 99.9 Å². The highest BCUT2D eigenvalue weighted by atomic mass is 32.1. The zero-order valence-electron chi connectivity index (χ0n) is 18.5. The highest BCUT2D eigenvalue weighted by Gasteiger charge is 2.32. The number of halogens is 2. The molecule has 1 N–H and O–H groups in total. The van der Waals surface area contributed by atoms with E-state index in [0.717, 1.165) is 0 Å². The monoisotopic (exact) mass is 487 g/mol. The van der Waals surface area contributed by atoms with Crippen LogP contribution in [0.25, 0.3) is 6.08 Å². The number of fused-ring (bicyclic) bond motifs is 1. The van der Waals surface area contributed by atoms with Crippen LogP contribution in [0.2, 0.25) is 0 Å². The first kappa shape index (κ1) is 22.6. The summed E-state index contributed by atoms with van der Waals surface area (Å²) in [5, 5.41) is 2.87. The second-order valence-corrected chi connectivity index (χ2v) is 9.01. The molecule has 5 rings (SSSR count). The van der Waals surface area contributed by atoms with Crippen molar-refractivity contribution in [1.29, 1.82) is 0 Å². The number of hydrogen-bond acceptors (Lipinski definition) is 4. The van der Waals surface area contributed by atoms with Crippen molar-refractivity contribution in [3.8, 4) is 0 Å². The maximum absolute atomic E-state index is 13.7. The zero-order valence-corrected chi connectivity index (χ0v) is 19.4. The summed E-state index contributed by atoms with van der Waals surface area (Å²) in [6.45, 7) is 1.72. The van der Waals surface area contributed by atoms with E-state index in [4.69, 9.17) is 0 Å². The van der Waals surface area contributed by atoms with Gasteiger partial charge in [0.2, 0.25) is 0 Å². The van der Waals surface area contributed by atoms with Gasteiger partial charge in [-0.25, -0.2) is 13.8 Å². The van der Waals surface area contributed by atoms with E-state index < -0.39 is 17.8 Å². The SMILES string of the molecule is CC1=C(C(=O)Nc2ccccc2)C(c2ccc(F)cc2)n2c(s/c(=C\c3ccc(F)cc3)c2=O)=N1. The third-order valence-electron chi connectivity index (χ3n) is 5.65. The normalized spacial score (nSPS) is 15.5. The van der Waals surface area contributed by atoms with Crippen molar-refractivity contribution in [3.05, 3.63) is 133 Å². The Morgan fingerprint density at radius 3 is 2.26 bits per heavy atom. The Bertz CT molecular complexity index is 1620. The van der Waals surface area contributed by atoms with Crippen LogP contribution in [0.4, 0.5) is 14.5 Å². The van der Waals surface area contributed by atoms with Crippen molar-refractivity contribution in [1.82, 2.24) is 4.57 Å². The molecular weight excluding hydrogens is 468 g/mol. The predicted molar refractivity (Wildman–Crippen MR) is 132 cm³/mol. The lowest BCUT2D eigenvalue weighted by molar-refractivity contribution is -0.113. The maximum atomic E-state index is 13.7. The average Bonchev–Trinajstić information content (AvgIpc) is 3.15. The van der Waals surface area contributed by atoms with Crippen LogP contribution < -0.4 is 20.2 Å². The quantitative estimate of drug-likeness (QED) is 0.470. The third kappa shape index (κ3) is 4.48. The first-order chi connectivity index (χ1) is 16.9. The van der Waals surface area contributed by atoms with Crippen LogP contribution in [0.1, 0.15) is 24.1 Å². The molecule has 1 aliphatic heterocycles. The number of nitrogens with one attached hydrogen (secondary N) is 1. The number of benzene rings is 3. The molecule has 0 bridgehead atoms. The number of thiazole rings is 1. The lowest BCUT2D eigenvalue weighted by Crippen LogP contribution is -2.40. The van der Waals surface area contributed by atoms with E-state index in [1.54, 1.807) is 61.5 Å². The maximum Gasteiger partial charge on any atom is 0.271 e. The molecule has 0 radical (unpaired) electrons. The number of nitrogens with zero attached hydrogens (tertiary/aromatic N) is 2. The van der Waals surface area contributed by atoms with Gasteiger partial charge in [0.25, 0.3) is 11.5 Å². The molecule has 1 amide bonds. The highest BCUT2D eigenvalue weighted by molar-refractivity contribution is 7.07. The topological polar surface area (TPSA) is 63.5 Å². The summed E-state index contributed by atoms with van der Waals surface area (Å²) in [6, 6.07) is 19.7. The van der Waals surface area contributed by atoms with Crippen molar-refractivity contribution in [2.24, 2.45) is 4.99 Å². The van der Waals surface area contributed by atoms with Crippen LogP contribution in [0.3, 0.4) is 0 Å². The first-order valence-electron chi connectivity index (χ1n) is 10.8. The number of carbonyl (C=O) groups excluding carboxylic acids is 1. The fraction of sp³-hybridized carbons (Fsp3) is 0.0741. The van der Waals surface area contributed by atoms with E-state index in [2.05, 4.69) is 10.3 Å². The van der Waals surface area contributed by atoms with E-state index in [1.807, 2.05) is 6.07 Å². The van der Waals surface area contributed by atoms with Gasteiger partial charge in [-0.15, -0.1) is 0 Å².